The van der Waals surface area contributed by atoms with Crippen molar-refractivity contribution in [3.8, 4) is 5.75 Å². The van der Waals surface area contributed by atoms with Gasteiger partial charge in [-0.15, -0.1) is 5.06 Å². The number of nitrogens with two attached hydrogens (primary N) is 2. The third-order valence-electron chi connectivity index (χ3n) is 11.7. The Morgan fingerprint density at radius 3 is 2.35 bits per heavy atom. The van der Waals surface area contributed by atoms with Crippen LogP contribution >= 0.6 is 0 Å². The molecule has 12 heteroatoms. The normalized spacial score (nSPS) is 20.1. The number of hydroxylamine groups is 1. The summed E-state index contributed by atoms with van der Waals surface area (Å²) in [4.78, 5) is 56.9. The Bertz CT molecular complexity index is 1940. The van der Waals surface area contributed by atoms with Gasteiger partial charge in [-0.2, -0.15) is 0 Å². The standard InChI is InChI=1S/C42H53N5O7/c1-24(2)36(37(50)38(51)39(44)42(25(3)48,29-12-5-4-6-13-29)40(52)34(43)21-30-22-45-23-46-30)41(53)47(31-17-16-27-19-32(49)20-28(27)18-31)54-35-15-9-11-26-10-7-8-14-33(26)35/h7-11,14-18,22-24,29,32,34,36-39,49-51H,4-6,12-13,19-21,43-44H2,1-3H3,(H,45,46)/t32-,34+,36?,37?,38?,39?,42?/m1/s1. The molecular formula is C42H53N5O7. The van der Waals surface area contributed by atoms with Crippen molar-refractivity contribution < 1.29 is 34.5 Å². The van der Waals surface area contributed by atoms with Crippen molar-refractivity contribution >= 4 is 33.9 Å². The van der Waals surface area contributed by atoms with Crippen LogP contribution < -0.4 is 21.4 Å². The molecule has 0 spiro atoms. The summed E-state index contributed by atoms with van der Waals surface area (Å²) in [7, 11) is 0. The number of anilines is 1. The summed E-state index contributed by atoms with van der Waals surface area (Å²) < 4.78 is 0. The van der Waals surface area contributed by atoms with Crippen molar-refractivity contribution in [1.29, 1.82) is 0 Å². The highest BCUT2D eigenvalue weighted by Gasteiger charge is 2.58. The smallest absolute Gasteiger partial charge is 0.266 e. The molecule has 1 saturated carbocycles. The van der Waals surface area contributed by atoms with Crippen molar-refractivity contribution in [3.05, 3.63) is 90.0 Å². The van der Waals surface area contributed by atoms with Gasteiger partial charge in [-0.25, -0.2) is 4.98 Å². The summed E-state index contributed by atoms with van der Waals surface area (Å²) in [5.41, 5.74) is 14.3. The van der Waals surface area contributed by atoms with Crippen LogP contribution in [-0.4, -0.2) is 73.2 Å². The lowest BCUT2D eigenvalue weighted by molar-refractivity contribution is -0.155. The number of fused-ring (bicyclic) bond motifs is 2. The van der Waals surface area contributed by atoms with Gasteiger partial charge in [-0.05, 0) is 79.2 Å². The fraction of sp³-hybridized carbons (Fsp3) is 0.476. The largest absolute Gasteiger partial charge is 0.392 e. The number of aliphatic hydroxyl groups is 3. The molecule has 0 bridgehead atoms. The van der Waals surface area contributed by atoms with E-state index in [2.05, 4.69) is 9.97 Å². The van der Waals surface area contributed by atoms with Gasteiger partial charge in [0, 0.05) is 23.7 Å². The predicted octanol–water partition coefficient (Wildman–Crippen LogP) is 3.97. The Morgan fingerprint density at radius 1 is 0.963 bits per heavy atom. The zero-order valence-electron chi connectivity index (χ0n) is 31.2. The summed E-state index contributed by atoms with van der Waals surface area (Å²) in [5.74, 6) is -3.81. The number of Topliss-reactive ketones (excluding diaryl/α,β-unsaturated/α-hetero) is 2. The summed E-state index contributed by atoms with van der Waals surface area (Å²) in [6.45, 7) is 4.78. The molecule has 12 nitrogen and oxygen atoms in total. The van der Waals surface area contributed by atoms with Crippen LogP contribution in [0.25, 0.3) is 10.8 Å². The summed E-state index contributed by atoms with van der Waals surface area (Å²) >= 11 is 0. The van der Waals surface area contributed by atoms with Crippen molar-refractivity contribution in [2.24, 2.45) is 34.6 Å². The first-order valence-corrected chi connectivity index (χ1v) is 19.0. The van der Waals surface area contributed by atoms with Crippen molar-refractivity contribution in [2.75, 3.05) is 5.06 Å². The van der Waals surface area contributed by atoms with Gasteiger partial charge in [-0.3, -0.25) is 14.4 Å². The number of carbonyl (C=O) groups excluding carboxylic acids is 3. The average molecular weight is 740 g/mol. The molecule has 2 aliphatic carbocycles. The fourth-order valence-electron chi connectivity index (χ4n) is 8.89. The number of nitrogens with zero attached hydrogens (tertiary/aromatic N) is 2. The van der Waals surface area contributed by atoms with Gasteiger partial charge in [0.15, 0.2) is 11.5 Å². The Hall–Kier alpha value is -4.46. The van der Waals surface area contributed by atoms with E-state index in [1.54, 1.807) is 38.2 Å². The first kappa shape index (κ1) is 39.2. The quantitative estimate of drug-likeness (QED) is 0.0765. The number of hydrogen-bond donors (Lipinski definition) is 6. The van der Waals surface area contributed by atoms with E-state index in [0.717, 1.165) is 46.2 Å². The molecule has 288 valence electrons. The number of amides is 1. The molecule has 2 aliphatic rings. The zero-order valence-corrected chi connectivity index (χ0v) is 31.2. The second kappa shape index (κ2) is 16.5. The highest BCUT2D eigenvalue weighted by molar-refractivity contribution is 6.09. The van der Waals surface area contributed by atoms with Crippen molar-refractivity contribution in [3.63, 3.8) is 0 Å². The highest BCUT2D eigenvalue weighted by Crippen LogP contribution is 2.45. The van der Waals surface area contributed by atoms with Crippen LogP contribution in [-0.2, 0) is 33.6 Å². The Balaban J connectivity index is 1.38. The molecule has 3 aromatic carbocycles. The minimum Gasteiger partial charge on any atom is -0.392 e. The lowest BCUT2D eigenvalue weighted by Crippen LogP contribution is -2.67. The molecule has 54 heavy (non-hydrogen) atoms. The van der Waals surface area contributed by atoms with Crippen LogP contribution in [0.4, 0.5) is 5.69 Å². The molecule has 0 aliphatic heterocycles. The topological polar surface area (TPSA) is 205 Å². The number of hydrogen-bond acceptors (Lipinski definition) is 10. The second-order valence-electron chi connectivity index (χ2n) is 15.5. The molecule has 0 saturated heterocycles. The molecule has 7 atom stereocenters. The molecule has 4 aromatic rings. The van der Waals surface area contributed by atoms with Crippen LogP contribution in [0.5, 0.6) is 5.75 Å². The van der Waals surface area contributed by atoms with Crippen molar-refractivity contribution in [2.45, 2.75) is 103 Å². The maximum absolute atomic E-state index is 14.9. The number of aliphatic hydroxyl groups excluding tert-OH is 3. The molecular weight excluding hydrogens is 686 g/mol. The van der Waals surface area contributed by atoms with Gasteiger partial charge in [0.2, 0.25) is 0 Å². The zero-order chi connectivity index (χ0) is 38.7. The molecule has 1 fully saturated rings. The molecule has 6 rings (SSSR count). The van der Waals surface area contributed by atoms with E-state index in [1.165, 1.54) is 13.3 Å². The van der Waals surface area contributed by atoms with Crippen molar-refractivity contribution in [1.82, 2.24) is 9.97 Å². The summed E-state index contributed by atoms with van der Waals surface area (Å²) in [5, 5.41) is 37.4. The Kier molecular flexibility index (Phi) is 12.0. The lowest BCUT2D eigenvalue weighted by Gasteiger charge is -2.47. The molecule has 1 amide bonds. The van der Waals surface area contributed by atoms with E-state index in [-0.39, 0.29) is 6.42 Å². The number of aromatic nitrogens is 2. The van der Waals surface area contributed by atoms with E-state index in [1.807, 2.05) is 42.5 Å². The van der Waals surface area contributed by atoms with Crippen LogP contribution in [0, 0.1) is 23.2 Å². The first-order valence-electron chi connectivity index (χ1n) is 19.0. The first-order chi connectivity index (χ1) is 25.8. The number of imidazole rings is 1. The second-order valence-corrected chi connectivity index (χ2v) is 15.5. The Morgan fingerprint density at radius 2 is 1.67 bits per heavy atom. The molecule has 1 heterocycles. The molecule has 1 aromatic heterocycles. The van der Waals surface area contributed by atoms with Crippen LogP contribution in [0.3, 0.4) is 0 Å². The van der Waals surface area contributed by atoms with E-state index in [4.69, 9.17) is 16.3 Å². The van der Waals surface area contributed by atoms with E-state index in [9.17, 15) is 29.7 Å². The summed E-state index contributed by atoms with van der Waals surface area (Å²) in [6.07, 6.45) is 3.24. The van der Waals surface area contributed by atoms with Gasteiger partial charge < -0.3 is 36.6 Å². The number of benzene rings is 3. The third-order valence-corrected chi connectivity index (χ3v) is 11.7. The molecule has 0 radical (unpaired) electrons. The molecule has 5 unspecified atom stereocenters. The van der Waals surface area contributed by atoms with E-state index < -0.39 is 71.0 Å². The van der Waals surface area contributed by atoms with Crippen LogP contribution in [0.2, 0.25) is 0 Å². The minimum absolute atomic E-state index is 0.0668. The van der Waals surface area contributed by atoms with Gasteiger partial charge in [0.05, 0.1) is 48.3 Å². The number of ketones is 2. The Labute approximate surface area is 315 Å². The van der Waals surface area contributed by atoms with Crippen LogP contribution in [0.1, 0.15) is 69.7 Å². The number of nitrogens with one attached hydrogen (secondary N) is 1. The van der Waals surface area contributed by atoms with E-state index >= 15 is 0 Å². The molecule has 8 N–H and O–H groups in total. The maximum Gasteiger partial charge on any atom is 0.266 e. The monoisotopic (exact) mass is 739 g/mol. The third kappa shape index (κ3) is 7.58. The highest BCUT2D eigenvalue weighted by atomic mass is 16.7. The van der Waals surface area contributed by atoms with Gasteiger partial charge in [0.1, 0.15) is 11.2 Å². The lowest BCUT2D eigenvalue weighted by atomic mass is 9.57. The van der Waals surface area contributed by atoms with Gasteiger partial charge in [0.25, 0.3) is 5.91 Å². The number of carbonyl (C=O) groups is 3. The maximum atomic E-state index is 14.9. The minimum atomic E-state index is -1.93. The van der Waals surface area contributed by atoms with E-state index in [0.29, 0.717) is 42.8 Å². The van der Waals surface area contributed by atoms with Gasteiger partial charge in [-0.1, -0.05) is 75.6 Å². The number of aromatic amines is 1. The number of H-pyrrole nitrogens is 1. The SMILES string of the molecule is CC(=O)C(C(=O)[C@@H](N)Cc1cnc[nH]1)(C1CCCCC1)C(N)C(O)C(O)C(C(=O)N(Oc1cccc2ccccc12)c1ccc2c(c1)C[C@H](O)C2)C(C)C. The average Bonchev–Trinajstić information content (AvgIpc) is 3.82. The predicted molar refractivity (Wildman–Crippen MR) is 205 cm³/mol. The summed E-state index contributed by atoms with van der Waals surface area (Å²) in [6, 6.07) is 15.7. The van der Waals surface area contributed by atoms with Gasteiger partial charge >= 0.3 is 0 Å². The number of rotatable bonds is 15. The van der Waals surface area contributed by atoms with Crippen LogP contribution in [0.15, 0.2) is 73.2 Å². The fourth-order valence-corrected chi connectivity index (χ4v) is 8.89.